The average Bonchev–Trinajstić information content (AvgIpc) is 2.67. The van der Waals surface area contributed by atoms with Crippen molar-refractivity contribution in [2.24, 2.45) is 4.99 Å². The number of halogens is 2. The van der Waals surface area contributed by atoms with E-state index in [1.807, 2.05) is 30.3 Å². The molecule has 0 fully saturated rings. The third-order valence-electron chi connectivity index (χ3n) is 3.84. The van der Waals surface area contributed by atoms with Crippen LogP contribution in [0.2, 0.25) is 0 Å². The number of guanidine groups is 1. The van der Waals surface area contributed by atoms with Gasteiger partial charge in [0.1, 0.15) is 5.82 Å². The first-order valence-electron chi connectivity index (χ1n) is 8.67. The van der Waals surface area contributed by atoms with Gasteiger partial charge in [0.15, 0.2) is 5.96 Å². The summed E-state index contributed by atoms with van der Waals surface area (Å²) in [6, 6.07) is 16.4. The van der Waals surface area contributed by atoms with E-state index in [2.05, 4.69) is 20.9 Å². The van der Waals surface area contributed by atoms with Crippen LogP contribution in [0.4, 0.5) is 4.39 Å². The van der Waals surface area contributed by atoms with Crippen molar-refractivity contribution in [3.05, 3.63) is 71.5 Å². The Kier molecular flexibility index (Phi) is 11.1. The molecule has 0 heterocycles. The van der Waals surface area contributed by atoms with Crippen molar-refractivity contribution in [1.82, 2.24) is 16.0 Å². The summed E-state index contributed by atoms with van der Waals surface area (Å²) < 4.78 is 12.9. The molecule has 146 valence electrons. The van der Waals surface area contributed by atoms with Crippen molar-refractivity contribution in [2.75, 3.05) is 26.7 Å². The van der Waals surface area contributed by atoms with Crippen LogP contribution in [0.25, 0.3) is 0 Å². The lowest BCUT2D eigenvalue weighted by atomic mass is 10.1. The highest BCUT2D eigenvalue weighted by molar-refractivity contribution is 14.0. The standard InChI is InChI=1S/C20H25FN4O.HI/c1-22-20(24-14-12-17-7-9-18(21)10-8-17)25-15-19(26)23-13-11-16-5-3-2-4-6-16;/h2-10H,11-15H2,1H3,(H,23,26)(H2,22,24,25);1H. The molecule has 2 rings (SSSR count). The smallest absolute Gasteiger partial charge is 0.239 e. The largest absolute Gasteiger partial charge is 0.356 e. The highest BCUT2D eigenvalue weighted by Gasteiger charge is 2.03. The predicted molar refractivity (Wildman–Crippen MR) is 118 cm³/mol. The van der Waals surface area contributed by atoms with Gasteiger partial charge in [-0.05, 0) is 36.1 Å². The van der Waals surface area contributed by atoms with Crippen LogP contribution in [-0.4, -0.2) is 38.5 Å². The first-order valence-corrected chi connectivity index (χ1v) is 8.67. The van der Waals surface area contributed by atoms with Gasteiger partial charge in [-0.1, -0.05) is 42.5 Å². The van der Waals surface area contributed by atoms with Crippen molar-refractivity contribution in [3.63, 3.8) is 0 Å². The molecule has 7 heteroatoms. The van der Waals surface area contributed by atoms with Gasteiger partial charge in [-0.3, -0.25) is 9.79 Å². The van der Waals surface area contributed by atoms with Crippen LogP contribution in [-0.2, 0) is 17.6 Å². The maximum absolute atomic E-state index is 12.9. The van der Waals surface area contributed by atoms with Crippen molar-refractivity contribution in [1.29, 1.82) is 0 Å². The molecule has 0 saturated carbocycles. The summed E-state index contributed by atoms with van der Waals surface area (Å²) in [6.45, 7) is 1.40. The number of amides is 1. The molecule has 1 amide bonds. The maximum Gasteiger partial charge on any atom is 0.239 e. The van der Waals surface area contributed by atoms with Gasteiger partial charge < -0.3 is 16.0 Å². The molecule has 0 aliphatic heterocycles. The summed E-state index contributed by atoms with van der Waals surface area (Å²) in [4.78, 5) is 16.0. The van der Waals surface area contributed by atoms with E-state index in [-0.39, 0.29) is 42.2 Å². The number of nitrogens with one attached hydrogen (secondary N) is 3. The Morgan fingerprint density at radius 3 is 2.11 bits per heavy atom. The van der Waals surface area contributed by atoms with Crippen LogP contribution in [0.15, 0.2) is 59.6 Å². The second-order valence-corrected chi connectivity index (χ2v) is 5.81. The summed E-state index contributed by atoms with van der Waals surface area (Å²) in [6.07, 6.45) is 1.54. The molecule has 0 spiro atoms. The van der Waals surface area contributed by atoms with Crippen molar-refractivity contribution in [3.8, 4) is 0 Å². The summed E-state index contributed by atoms with van der Waals surface area (Å²) in [5.74, 6) is 0.241. The number of benzene rings is 2. The number of aliphatic imine (C=N–C) groups is 1. The molecule has 2 aromatic carbocycles. The van der Waals surface area contributed by atoms with Crippen molar-refractivity contribution >= 4 is 35.8 Å². The van der Waals surface area contributed by atoms with Crippen LogP contribution in [0.1, 0.15) is 11.1 Å². The Labute approximate surface area is 176 Å². The normalized spacial score (nSPS) is 10.7. The quantitative estimate of drug-likeness (QED) is 0.307. The number of hydrogen-bond donors (Lipinski definition) is 3. The van der Waals surface area contributed by atoms with Gasteiger partial charge in [0.25, 0.3) is 0 Å². The van der Waals surface area contributed by atoms with Gasteiger partial charge in [0.2, 0.25) is 5.91 Å². The zero-order chi connectivity index (χ0) is 18.6. The van der Waals surface area contributed by atoms with Crippen LogP contribution >= 0.6 is 24.0 Å². The van der Waals surface area contributed by atoms with E-state index in [0.29, 0.717) is 19.0 Å². The molecule has 0 unspecified atom stereocenters. The van der Waals surface area contributed by atoms with E-state index in [0.717, 1.165) is 18.4 Å². The first-order chi connectivity index (χ1) is 12.7. The Balaban J connectivity index is 0.00000364. The molecule has 0 radical (unpaired) electrons. The lowest BCUT2D eigenvalue weighted by Gasteiger charge is -2.12. The summed E-state index contributed by atoms with van der Waals surface area (Å²) >= 11 is 0. The van der Waals surface area contributed by atoms with Gasteiger partial charge in [-0.15, -0.1) is 24.0 Å². The molecule has 0 atom stereocenters. The lowest BCUT2D eigenvalue weighted by Crippen LogP contribution is -2.44. The van der Waals surface area contributed by atoms with E-state index < -0.39 is 0 Å². The third-order valence-corrected chi connectivity index (χ3v) is 3.84. The zero-order valence-corrected chi connectivity index (χ0v) is 17.7. The van der Waals surface area contributed by atoms with Gasteiger partial charge >= 0.3 is 0 Å². The number of rotatable bonds is 8. The van der Waals surface area contributed by atoms with E-state index in [1.165, 1.54) is 17.7 Å². The highest BCUT2D eigenvalue weighted by Crippen LogP contribution is 2.02. The highest BCUT2D eigenvalue weighted by atomic mass is 127. The average molecular weight is 484 g/mol. The fraction of sp³-hybridized carbons (Fsp3) is 0.300. The van der Waals surface area contributed by atoms with Gasteiger partial charge in [-0.2, -0.15) is 0 Å². The minimum absolute atomic E-state index is 0. The molecular weight excluding hydrogens is 458 g/mol. The Bertz CT molecular complexity index is 708. The van der Waals surface area contributed by atoms with Crippen LogP contribution in [0.3, 0.4) is 0 Å². The van der Waals surface area contributed by atoms with Gasteiger partial charge in [-0.25, -0.2) is 4.39 Å². The molecule has 0 aromatic heterocycles. The second-order valence-electron chi connectivity index (χ2n) is 5.81. The molecule has 0 saturated heterocycles. The topological polar surface area (TPSA) is 65.5 Å². The predicted octanol–water partition coefficient (Wildman–Crippen LogP) is 2.51. The summed E-state index contributed by atoms with van der Waals surface area (Å²) in [5.41, 5.74) is 2.23. The number of carbonyl (C=O) groups is 1. The first kappa shape index (κ1) is 22.9. The van der Waals surface area contributed by atoms with Crippen LogP contribution < -0.4 is 16.0 Å². The Morgan fingerprint density at radius 2 is 1.48 bits per heavy atom. The Hall–Kier alpha value is -2.16. The number of carbonyl (C=O) groups excluding carboxylic acids is 1. The van der Waals surface area contributed by atoms with Crippen molar-refractivity contribution < 1.29 is 9.18 Å². The summed E-state index contributed by atoms with van der Waals surface area (Å²) in [5, 5.41) is 8.99. The van der Waals surface area contributed by atoms with E-state index >= 15 is 0 Å². The monoisotopic (exact) mass is 484 g/mol. The summed E-state index contributed by atoms with van der Waals surface area (Å²) in [7, 11) is 1.65. The zero-order valence-electron chi connectivity index (χ0n) is 15.4. The molecule has 3 N–H and O–H groups in total. The fourth-order valence-corrected chi connectivity index (χ4v) is 2.41. The molecule has 0 bridgehead atoms. The van der Waals surface area contributed by atoms with E-state index in [1.54, 1.807) is 19.2 Å². The molecule has 0 aliphatic carbocycles. The Morgan fingerprint density at radius 1 is 0.889 bits per heavy atom. The number of hydrogen-bond acceptors (Lipinski definition) is 2. The van der Waals surface area contributed by atoms with Gasteiger partial charge in [0, 0.05) is 20.1 Å². The van der Waals surface area contributed by atoms with E-state index in [9.17, 15) is 9.18 Å². The molecular formula is C20H26FIN4O. The molecule has 27 heavy (non-hydrogen) atoms. The second kappa shape index (κ2) is 13.1. The minimum Gasteiger partial charge on any atom is -0.356 e. The SMILES string of the molecule is CN=C(NCCc1ccc(F)cc1)NCC(=O)NCCc1ccccc1.I. The van der Waals surface area contributed by atoms with Crippen LogP contribution in [0, 0.1) is 5.82 Å². The molecule has 2 aromatic rings. The fourth-order valence-electron chi connectivity index (χ4n) is 2.41. The minimum atomic E-state index is -0.238. The third kappa shape index (κ3) is 9.37. The lowest BCUT2D eigenvalue weighted by molar-refractivity contribution is -0.119. The molecule has 5 nitrogen and oxygen atoms in total. The number of nitrogens with zero attached hydrogens (tertiary/aromatic N) is 1. The molecule has 0 aliphatic rings. The van der Waals surface area contributed by atoms with Crippen LogP contribution in [0.5, 0.6) is 0 Å². The maximum atomic E-state index is 12.9. The van der Waals surface area contributed by atoms with E-state index in [4.69, 9.17) is 0 Å². The van der Waals surface area contributed by atoms with Gasteiger partial charge in [0.05, 0.1) is 6.54 Å². The van der Waals surface area contributed by atoms with Crippen molar-refractivity contribution in [2.45, 2.75) is 12.8 Å².